The van der Waals surface area contributed by atoms with Gasteiger partial charge in [-0.1, -0.05) is 19.1 Å². The van der Waals surface area contributed by atoms with Crippen LogP contribution in [-0.2, 0) is 4.79 Å². The van der Waals surface area contributed by atoms with Crippen LogP contribution in [0.3, 0.4) is 0 Å². The third-order valence-corrected chi connectivity index (χ3v) is 6.11. The first-order valence-electron chi connectivity index (χ1n) is 11.5. The van der Waals surface area contributed by atoms with Gasteiger partial charge < -0.3 is 23.9 Å². The zero-order valence-electron chi connectivity index (χ0n) is 18.4. The van der Waals surface area contributed by atoms with E-state index in [1.54, 1.807) is 6.92 Å². The van der Waals surface area contributed by atoms with Crippen LogP contribution < -0.4 is 19.1 Å². The molecule has 5 nitrogen and oxygen atoms in total. The van der Waals surface area contributed by atoms with Crippen molar-refractivity contribution < 1.29 is 19.0 Å². The van der Waals surface area contributed by atoms with Crippen LogP contribution in [0.2, 0.25) is 0 Å². The number of hydrogen-bond acceptors (Lipinski definition) is 5. The second kappa shape index (κ2) is 8.45. The number of carbonyl (C=O) groups is 1. The number of hydrogen-bond donors (Lipinski definition) is 0. The Morgan fingerprint density at radius 1 is 0.903 bits per heavy atom. The summed E-state index contributed by atoms with van der Waals surface area (Å²) in [6.07, 6.45) is 6.07. The molecule has 1 saturated heterocycles. The average Bonchev–Trinajstić information content (AvgIpc) is 3.62. The maximum Gasteiger partial charge on any atom is 0.146 e. The molecule has 3 aliphatic rings. The van der Waals surface area contributed by atoms with Crippen molar-refractivity contribution in [3.05, 3.63) is 48.0 Å². The summed E-state index contributed by atoms with van der Waals surface area (Å²) >= 11 is 0. The second-order valence-electron chi connectivity index (χ2n) is 9.29. The number of anilines is 1. The molecule has 2 aromatic carbocycles. The summed E-state index contributed by atoms with van der Waals surface area (Å²) in [5, 5.41) is 0. The molecule has 1 heterocycles. The van der Waals surface area contributed by atoms with E-state index in [4.69, 9.17) is 14.2 Å². The Morgan fingerprint density at radius 2 is 1.52 bits per heavy atom. The average molecular weight is 422 g/mol. The number of nitrogens with zero attached hydrogens (tertiary/aromatic N) is 1. The normalized spacial score (nSPS) is 19.5. The van der Waals surface area contributed by atoms with Crippen LogP contribution in [0, 0.1) is 0 Å². The highest BCUT2D eigenvalue weighted by atomic mass is 16.5. The minimum Gasteiger partial charge on any atom is -0.490 e. The van der Waals surface area contributed by atoms with Crippen LogP contribution in [0.4, 0.5) is 5.69 Å². The number of benzene rings is 2. The molecule has 0 bridgehead atoms. The predicted molar refractivity (Wildman–Crippen MR) is 121 cm³/mol. The van der Waals surface area contributed by atoms with Crippen LogP contribution >= 0.6 is 0 Å². The molecular weight excluding hydrogens is 390 g/mol. The van der Waals surface area contributed by atoms with Crippen molar-refractivity contribution in [3.63, 3.8) is 0 Å². The van der Waals surface area contributed by atoms with Crippen LogP contribution in [0.1, 0.15) is 57.4 Å². The molecule has 0 N–H and O–H groups in total. The van der Waals surface area contributed by atoms with Crippen molar-refractivity contribution >= 4 is 11.5 Å². The lowest BCUT2D eigenvalue weighted by Gasteiger charge is -2.41. The van der Waals surface area contributed by atoms with Gasteiger partial charge in [-0.25, -0.2) is 0 Å². The van der Waals surface area contributed by atoms with E-state index < -0.39 is 0 Å². The van der Waals surface area contributed by atoms with Gasteiger partial charge in [-0.3, -0.25) is 0 Å². The Kier molecular flexibility index (Phi) is 5.51. The van der Waals surface area contributed by atoms with Gasteiger partial charge in [0.1, 0.15) is 29.1 Å². The summed E-state index contributed by atoms with van der Waals surface area (Å²) in [7, 11) is 0. The maximum absolute atomic E-state index is 11.3. The SMILES string of the molecule is CC(=O)C[C@@H](C)c1ccc(OC2CN(c3ccc(OC4CC4)cc3OC3CC3)C2)cc1. The highest BCUT2D eigenvalue weighted by Crippen LogP contribution is 2.40. The minimum absolute atomic E-state index is 0.164. The molecule has 0 unspecified atom stereocenters. The molecule has 2 aliphatic carbocycles. The van der Waals surface area contributed by atoms with Crippen molar-refractivity contribution in [1.29, 1.82) is 0 Å². The highest BCUT2D eigenvalue weighted by molar-refractivity contribution is 5.76. The van der Waals surface area contributed by atoms with Gasteiger partial charge in [-0.2, -0.15) is 0 Å². The fraction of sp³-hybridized carbons (Fsp3) is 0.500. The van der Waals surface area contributed by atoms with Gasteiger partial charge in [-0.15, -0.1) is 0 Å². The van der Waals surface area contributed by atoms with Gasteiger partial charge in [0.25, 0.3) is 0 Å². The van der Waals surface area contributed by atoms with E-state index in [1.807, 2.05) is 12.1 Å². The first-order valence-corrected chi connectivity index (χ1v) is 11.5. The topological polar surface area (TPSA) is 48.0 Å². The molecule has 5 rings (SSSR count). The molecule has 3 fully saturated rings. The molecule has 1 aliphatic heterocycles. The smallest absolute Gasteiger partial charge is 0.146 e. The Hall–Kier alpha value is -2.69. The molecule has 0 spiro atoms. The lowest BCUT2D eigenvalue weighted by molar-refractivity contribution is -0.117. The molecule has 2 aromatic rings. The monoisotopic (exact) mass is 421 g/mol. The second-order valence-corrected chi connectivity index (χ2v) is 9.29. The van der Waals surface area contributed by atoms with Crippen molar-refractivity contribution in [2.75, 3.05) is 18.0 Å². The molecule has 2 saturated carbocycles. The zero-order valence-corrected chi connectivity index (χ0v) is 18.4. The number of carbonyl (C=O) groups excluding carboxylic acids is 1. The molecular formula is C26H31NO4. The van der Waals surface area contributed by atoms with Crippen molar-refractivity contribution in [2.45, 2.75) is 70.2 Å². The van der Waals surface area contributed by atoms with E-state index in [9.17, 15) is 4.79 Å². The fourth-order valence-electron chi connectivity index (χ4n) is 3.99. The molecule has 0 amide bonds. The summed E-state index contributed by atoms with van der Waals surface area (Å²) in [5.41, 5.74) is 2.30. The van der Waals surface area contributed by atoms with Crippen molar-refractivity contribution in [1.82, 2.24) is 0 Å². The van der Waals surface area contributed by atoms with Crippen molar-refractivity contribution in [2.24, 2.45) is 0 Å². The molecule has 1 atom stereocenters. The van der Waals surface area contributed by atoms with Gasteiger partial charge in [0.05, 0.1) is 31.0 Å². The third-order valence-electron chi connectivity index (χ3n) is 6.11. The quantitative estimate of drug-likeness (QED) is 0.533. The summed E-state index contributed by atoms with van der Waals surface area (Å²) < 4.78 is 18.3. The van der Waals surface area contributed by atoms with Crippen LogP contribution in [0.5, 0.6) is 17.2 Å². The maximum atomic E-state index is 11.3. The van der Waals surface area contributed by atoms with E-state index in [0.717, 1.165) is 61.7 Å². The molecule has 31 heavy (non-hydrogen) atoms. The lowest BCUT2D eigenvalue weighted by Crippen LogP contribution is -2.54. The molecule has 0 radical (unpaired) electrons. The number of rotatable bonds is 10. The number of Topliss-reactive ketones (excluding diaryl/α,β-unsaturated/α-hetero) is 1. The van der Waals surface area contributed by atoms with E-state index in [1.165, 1.54) is 5.56 Å². The Labute approximate surface area is 184 Å². The van der Waals surface area contributed by atoms with E-state index >= 15 is 0 Å². The lowest BCUT2D eigenvalue weighted by atomic mass is 9.96. The van der Waals surface area contributed by atoms with E-state index in [2.05, 4.69) is 42.2 Å². The first kappa shape index (κ1) is 20.2. The number of ether oxygens (including phenoxy) is 3. The van der Waals surface area contributed by atoms with Crippen LogP contribution in [0.15, 0.2) is 42.5 Å². The molecule has 164 valence electrons. The summed E-state index contributed by atoms with van der Waals surface area (Å²) in [4.78, 5) is 13.7. The van der Waals surface area contributed by atoms with Gasteiger partial charge in [0.2, 0.25) is 0 Å². The zero-order chi connectivity index (χ0) is 21.4. The summed E-state index contributed by atoms with van der Waals surface area (Å²) in [6.45, 7) is 5.41. The molecule has 5 heteroatoms. The van der Waals surface area contributed by atoms with E-state index in [0.29, 0.717) is 18.6 Å². The van der Waals surface area contributed by atoms with Crippen molar-refractivity contribution in [3.8, 4) is 17.2 Å². The minimum atomic E-state index is 0.164. The van der Waals surface area contributed by atoms with E-state index in [-0.39, 0.29) is 17.8 Å². The Morgan fingerprint density at radius 3 is 2.16 bits per heavy atom. The van der Waals surface area contributed by atoms with Crippen LogP contribution in [-0.4, -0.2) is 37.2 Å². The van der Waals surface area contributed by atoms with Crippen LogP contribution in [0.25, 0.3) is 0 Å². The molecule has 0 aromatic heterocycles. The van der Waals surface area contributed by atoms with Gasteiger partial charge in [-0.05, 0) is 68.4 Å². The third kappa shape index (κ3) is 5.15. The standard InChI is InChI=1S/C26H31NO4/c1-17(13-18(2)28)19-3-5-20(6-4-19)30-24-15-27(16-24)25-12-11-23(29-21-7-8-21)14-26(25)31-22-9-10-22/h3-6,11-12,14,17,21-22,24H,7-10,13,15-16H2,1-2H3/t17-/m1/s1. The summed E-state index contributed by atoms with van der Waals surface area (Å²) in [5.74, 6) is 3.19. The van der Waals surface area contributed by atoms with Gasteiger partial charge in [0, 0.05) is 12.5 Å². The summed E-state index contributed by atoms with van der Waals surface area (Å²) in [6, 6.07) is 14.4. The van der Waals surface area contributed by atoms with Gasteiger partial charge in [0.15, 0.2) is 0 Å². The predicted octanol–water partition coefficient (Wildman–Crippen LogP) is 5.12. The Balaban J connectivity index is 1.18. The fourth-order valence-corrected chi connectivity index (χ4v) is 3.99. The first-order chi connectivity index (χ1) is 15.0. The largest absolute Gasteiger partial charge is 0.490 e. The number of ketones is 1. The van der Waals surface area contributed by atoms with Gasteiger partial charge >= 0.3 is 0 Å². The highest BCUT2D eigenvalue weighted by Gasteiger charge is 2.33. The Bertz CT molecular complexity index is 927.